The molecule has 0 aromatic heterocycles. The van der Waals surface area contributed by atoms with E-state index in [0.717, 1.165) is 24.4 Å². The van der Waals surface area contributed by atoms with Crippen molar-refractivity contribution in [3.05, 3.63) is 29.8 Å². The minimum absolute atomic E-state index is 0.200. The van der Waals surface area contributed by atoms with Crippen molar-refractivity contribution in [1.82, 2.24) is 4.90 Å². The van der Waals surface area contributed by atoms with E-state index in [-0.39, 0.29) is 5.78 Å². The fourth-order valence-electron chi connectivity index (χ4n) is 2.88. The zero-order valence-corrected chi connectivity index (χ0v) is 12.8. The van der Waals surface area contributed by atoms with Crippen LogP contribution in [0.4, 0.5) is 0 Å². The maximum absolute atomic E-state index is 12.3. The van der Waals surface area contributed by atoms with Gasteiger partial charge in [0.1, 0.15) is 5.75 Å². The third-order valence-corrected chi connectivity index (χ3v) is 3.83. The monoisotopic (exact) mass is 275 g/mol. The van der Waals surface area contributed by atoms with Crippen LogP contribution in [-0.4, -0.2) is 36.9 Å². The first-order valence-corrected chi connectivity index (χ1v) is 7.48. The quantitative estimate of drug-likeness (QED) is 0.771. The number of Topliss-reactive ketones (excluding diaryl/α,β-unsaturated/α-hetero) is 1. The maximum Gasteiger partial charge on any atom is 0.176 e. The summed E-state index contributed by atoms with van der Waals surface area (Å²) in [5.41, 5.74) is 1.11. The lowest BCUT2D eigenvalue weighted by Gasteiger charge is -2.37. The van der Waals surface area contributed by atoms with Gasteiger partial charge in [-0.3, -0.25) is 9.69 Å². The summed E-state index contributed by atoms with van der Waals surface area (Å²) in [6.07, 6.45) is 2.43. The molecule has 110 valence electrons. The van der Waals surface area contributed by atoms with Crippen molar-refractivity contribution in [2.45, 2.75) is 33.6 Å². The molecule has 1 saturated heterocycles. The summed E-state index contributed by atoms with van der Waals surface area (Å²) in [5.74, 6) is 1.02. The summed E-state index contributed by atoms with van der Waals surface area (Å²) >= 11 is 0. The van der Waals surface area contributed by atoms with E-state index in [1.807, 2.05) is 31.2 Å². The summed E-state index contributed by atoms with van der Waals surface area (Å²) in [5, 5.41) is 0. The van der Waals surface area contributed by atoms with Crippen LogP contribution in [0.3, 0.4) is 0 Å². The number of ether oxygens (including phenoxy) is 1. The fraction of sp³-hybridized carbons (Fsp3) is 0.588. The maximum atomic E-state index is 12.3. The first-order chi connectivity index (χ1) is 9.50. The normalized spacial score (nSPS) is 18.8. The minimum atomic E-state index is 0.200. The van der Waals surface area contributed by atoms with Crippen molar-refractivity contribution >= 4 is 5.78 Å². The van der Waals surface area contributed by atoms with Gasteiger partial charge in [-0.25, -0.2) is 0 Å². The van der Waals surface area contributed by atoms with Crippen LogP contribution in [0.25, 0.3) is 0 Å². The molecule has 3 heteroatoms. The Balaban J connectivity index is 1.94. The average molecular weight is 275 g/mol. The van der Waals surface area contributed by atoms with Crippen molar-refractivity contribution in [2.75, 3.05) is 26.2 Å². The van der Waals surface area contributed by atoms with Gasteiger partial charge in [-0.2, -0.15) is 0 Å². The Morgan fingerprint density at radius 1 is 1.30 bits per heavy atom. The molecule has 3 nitrogen and oxygen atoms in total. The van der Waals surface area contributed by atoms with Crippen molar-refractivity contribution in [3.8, 4) is 5.75 Å². The van der Waals surface area contributed by atoms with Crippen LogP contribution in [-0.2, 0) is 0 Å². The van der Waals surface area contributed by atoms with Gasteiger partial charge < -0.3 is 4.74 Å². The SMILES string of the molecule is CCOc1ccc(C(=O)CN2CCCC(C)(C)C2)cc1. The molecule has 1 aromatic carbocycles. The molecule has 0 radical (unpaired) electrons. The lowest BCUT2D eigenvalue weighted by molar-refractivity contribution is 0.0810. The second-order valence-corrected chi connectivity index (χ2v) is 6.36. The van der Waals surface area contributed by atoms with E-state index >= 15 is 0 Å². The van der Waals surface area contributed by atoms with E-state index in [1.54, 1.807) is 0 Å². The molecule has 20 heavy (non-hydrogen) atoms. The van der Waals surface area contributed by atoms with Crippen LogP contribution in [0, 0.1) is 5.41 Å². The van der Waals surface area contributed by atoms with E-state index in [2.05, 4.69) is 18.7 Å². The molecule has 1 fully saturated rings. The molecule has 1 aliphatic heterocycles. The van der Waals surface area contributed by atoms with Gasteiger partial charge in [-0.15, -0.1) is 0 Å². The molecular weight excluding hydrogens is 250 g/mol. The zero-order valence-electron chi connectivity index (χ0n) is 12.8. The van der Waals surface area contributed by atoms with Gasteiger partial charge in [0.25, 0.3) is 0 Å². The summed E-state index contributed by atoms with van der Waals surface area (Å²) < 4.78 is 5.40. The molecule has 1 heterocycles. The standard InChI is InChI=1S/C17H25NO2/c1-4-20-15-8-6-14(7-9-15)16(19)12-18-11-5-10-17(2,3)13-18/h6-9H,4-5,10-13H2,1-3H3. The molecule has 0 N–H and O–H groups in total. The number of benzene rings is 1. The number of likely N-dealkylation sites (tertiary alicyclic amines) is 1. The first kappa shape index (κ1) is 15.0. The third-order valence-electron chi connectivity index (χ3n) is 3.83. The third kappa shape index (κ3) is 4.07. The predicted octanol–water partition coefficient (Wildman–Crippen LogP) is 3.39. The number of carbonyl (C=O) groups is 1. The topological polar surface area (TPSA) is 29.5 Å². The van der Waals surface area contributed by atoms with Crippen molar-refractivity contribution in [2.24, 2.45) is 5.41 Å². The Bertz CT molecular complexity index is 451. The van der Waals surface area contributed by atoms with Gasteiger partial charge in [0.15, 0.2) is 5.78 Å². The molecule has 0 bridgehead atoms. The van der Waals surface area contributed by atoms with Gasteiger partial charge >= 0.3 is 0 Å². The molecule has 0 saturated carbocycles. The predicted molar refractivity (Wildman–Crippen MR) is 81.4 cm³/mol. The first-order valence-electron chi connectivity index (χ1n) is 7.48. The fourth-order valence-corrected chi connectivity index (χ4v) is 2.88. The van der Waals surface area contributed by atoms with Crippen molar-refractivity contribution in [1.29, 1.82) is 0 Å². The Labute approximate surface area is 121 Å². The van der Waals surface area contributed by atoms with Crippen LogP contribution >= 0.6 is 0 Å². The van der Waals surface area contributed by atoms with Crippen molar-refractivity contribution < 1.29 is 9.53 Å². The van der Waals surface area contributed by atoms with Crippen LogP contribution in [0.1, 0.15) is 44.0 Å². The number of hydrogen-bond acceptors (Lipinski definition) is 3. The van der Waals surface area contributed by atoms with Gasteiger partial charge in [0, 0.05) is 12.1 Å². The number of rotatable bonds is 5. The van der Waals surface area contributed by atoms with Crippen LogP contribution in [0.5, 0.6) is 5.75 Å². The summed E-state index contributed by atoms with van der Waals surface area (Å²) in [7, 11) is 0. The summed E-state index contributed by atoms with van der Waals surface area (Å²) in [4.78, 5) is 14.6. The summed E-state index contributed by atoms with van der Waals surface area (Å²) in [6, 6.07) is 7.47. The highest BCUT2D eigenvalue weighted by Crippen LogP contribution is 2.28. The molecule has 2 rings (SSSR count). The Morgan fingerprint density at radius 3 is 2.60 bits per heavy atom. The number of ketones is 1. The largest absolute Gasteiger partial charge is 0.494 e. The Morgan fingerprint density at radius 2 is 2.00 bits per heavy atom. The van der Waals surface area contributed by atoms with E-state index in [4.69, 9.17) is 4.74 Å². The highest BCUT2D eigenvalue weighted by atomic mass is 16.5. The second-order valence-electron chi connectivity index (χ2n) is 6.36. The number of nitrogens with zero attached hydrogens (tertiary/aromatic N) is 1. The molecule has 0 aliphatic carbocycles. The molecule has 1 aliphatic rings. The smallest absolute Gasteiger partial charge is 0.176 e. The van der Waals surface area contributed by atoms with Crippen LogP contribution in [0.15, 0.2) is 24.3 Å². The lowest BCUT2D eigenvalue weighted by atomic mass is 9.84. The highest BCUT2D eigenvalue weighted by molar-refractivity contribution is 5.97. The molecule has 0 amide bonds. The zero-order chi connectivity index (χ0) is 14.6. The number of hydrogen-bond donors (Lipinski definition) is 0. The molecule has 0 spiro atoms. The summed E-state index contributed by atoms with van der Waals surface area (Å²) in [6.45, 7) is 9.73. The van der Waals surface area contributed by atoms with Gasteiger partial charge in [0.2, 0.25) is 0 Å². The van der Waals surface area contributed by atoms with Gasteiger partial charge in [-0.1, -0.05) is 13.8 Å². The van der Waals surface area contributed by atoms with E-state index in [9.17, 15) is 4.79 Å². The minimum Gasteiger partial charge on any atom is -0.494 e. The lowest BCUT2D eigenvalue weighted by Crippen LogP contribution is -2.42. The molecule has 0 atom stereocenters. The number of carbonyl (C=O) groups excluding carboxylic acids is 1. The highest BCUT2D eigenvalue weighted by Gasteiger charge is 2.27. The second kappa shape index (κ2) is 6.40. The molecule has 0 unspecified atom stereocenters. The molecular formula is C17H25NO2. The number of piperidine rings is 1. The van der Waals surface area contributed by atoms with E-state index in [0.29, 0.717) is 18.6 Å². The van der Waals surface area contributed by atoms with Crippen LogP contribution < -0.4 is 4.74 Å². The van der Waals surface area contributed by atoms with E-state index < -0.39 is 0 Å². The van der Waals surface area contributed by atoms with Crippen LogP contribution in [0.2, 0.25) is 0 Å². The van der Waals surface area contributed by atoms with E-state index in [1.165, 1.54) is 12.8 Å². The van der Waals surface area contributed by atoms with Gasteiger partial charge in [0.05, 0.1) is 13.2 Å². The van der Waals surface area contributed by atoms with Crippen molar-refractivity contribution in [3.63, 3.8) is 0 Å². The Kier molecular flexibility index (Phi) is 4.81. The molecule has 1 aromatic rings. The van der Waals surface area contributed by atoms with Gasteiger partial charge in [-0.05, 0) is 56.0 Å². The average Bonchev–Trinajstić information content (AvgIpc) is 2.38. The Hall–Kier alpha value is -1.35.